The number of fused-ring (bicyclic) bond motifs is 2. The lowest BCUT2D eigenvalue weighted by Crippen LogP contribution is -2.53. The van der Waals surface area contributed by atoms with E-state index in [9.17, 15) is 51.4 Å². The molecule has 6 aromatic carbocycles. The van der Waals surface area contributed by atoms with Crippen LogP contribution in [0.3, 0.4) is 0 Å². The summed E-state index contributed by atoms with van der Waals surface area (Å²) in [5, 5.41) is 29.6. The first kappa shape index (κ1) is 77.1. The number of carbonyl (C=O) groups excluding carboxylic acids is 4. The fourth-order valence-corrected chi connectivity index (χ4v) is 15.1. The number of methoxy groups -OCH3 is 2. The number of anilines is 2. The molecule has 0 saturated carbocycles. The van der Waals surface area contributed by atoms with E-state index in [4.69, 9.17) is 62.0 Å². The number of carboxylic acid groups (broad SMARTS) is 2. The number of nitrogens with zero attached hydrogens (tertiary/aromatic N) is 10. The number of thiazole rings is 2. The van der Waals surface area contributed by atoms with Gasteiger partial charge < -0.3 is 54.3 Å². The fraction of sp³-hybridized carbons (Fsp3) is 0.280. The minimum Gasteiger partial charge on any atom is -0.481 e. The van der Waals surface area contributed by atoms with Gasteiger partial charge in [0.15, 0.2) is 62.1 Å². The van der Waals surface area contributed by atoms with Crippen molar-refractivity contribution < 1.29 is 89.0 Å². The molecule has 0 unspecified atom stereocenters. The zero-order valence-corrected chi connectivity index (χ0v) is 61.8. The minimum absolute atomic E-state index is 0.0105. The lowest BCUT2D eigenvalue weighted by Gasteiger charge is -2.38. The molecule has 8 heterocycles. The molecule has 4 amide bonds. The van der Waals surface area contributed by atoms with Crippen LogP contribution < -0.4 is 34.6 Å². The van der Waals surface area contributed by atoms with Crippen LogP contribution in [0.4, 0.5) is 47.3 Å². The van der Waals surface area contributed by atoms with Crippen molar-refractivity contribution in [3.05, 3.63) is 227 Å². The molecule has 25 nitrogen and oxygen atoms in total. The Morgan fingerprint density at radius 2 is 1.01 bits per heavy atom. The molecule has 0 spiro atoms. The maximum Gasteiger partial charge on any atom is 0.347 e. The summed E-state index contributed by atoms with van der Waals surface area (Å²) in [5.41, 5.74) is 1.06. The van der Waals surface area contributed by atoms with Crippen molar-refractivity contribution in [3.63, 3.8) is 0 Å². The summed E-state index contributed by atoms with van der Waals surface area (Å²) in [6.07, 6.45) is 3.25. The van der Waals surface area contributed by atoms with Crippen LogP contribution in [0, 0.1) is 34.9 Å². The molecule has 4 atom stereocenters. The number of rotatable bonds is 22. The number of carboxylic acids is 2. The van der Waals surface area contributed by atoms with Crippen molar-refractivity contribution >= 4 is 105 Å². The number of amidine groups is 2. The Kier molecular flexibility index (Phi) is 22.8. The number of carbonyl (C=O) groups is 6. The number of hydrogen-bond acceptors (Lipinski definition) is 21. The average Bonchev–Trinajstić information content (AvgIpc) is 1.37. The van der Waals surface area contributed by atoms with E-state index < -0.39 is 76.5 Å². The van der Waals surface area contributed by atoms with Crippen LogP contribution in [0.5, 0.6) is 28.7 Å². The van der Waals surface area contributed by atoms with E-state index in [1.807, 2.05) is 0 Å². The Morgan fingerprint density at radius 3 is 1.41 bits per heavy atom. The summed E-state index contributed by atoms with van der Waals surface area (Å²) in [4.78, 5) is 104. The van der Waals surface area contributed by atoms with E-state index in [1.165, 1.54) is 133 Å². The van der Waals surface area contributed by atoms with Crippen LogP contribution in [0.15, 0.2) is 165 Å². The maximum absolute atomic E-state index is 15.6. The van der Waals surface area contributed by atoms with Gasteiger partial charge in [-0.05, 0) is 98.6 Å². The lowest BCUT2D eigenvalue weighted by atomic mass is 9.95. The number of aliphatic imine (C=N–C) groups is 2. The van der Waals surface area contributed by atoms with Crippen molar-refractivity contribution in [2.75, 3.05) is 89.5 Å². The van der Waals surface area contributed by atoms with Gasteiger partial charge in [0.05, 0.1) is 48.8 Å². The second kappa shape index (κ2) is 32.6. The molecule has 0 bridgehead atoms. The number of aromatic nitrogens is 2. The Labute approximate surface area is 641 Å². The van der Waals surface area contributed by atoms with E-state index >= 15 is 8.78 Å². The van der Waals surface area contributed by atoms with Crippen LogP contribution >= 0.6 is 45.9 Å². The van der Waals surface area contributed by atoms with Crippen molar-refractivity contribution in [2.45, 2.75) is 56.5 Å². The van der Waals surface area contributed by atoms with Gasteiger partial charge in [0, 0.05) is 146 Å². The molecular formula is C75H66Cl2F6N12O13S2. The summed E-state index contributed by atoms with van der Waals surface area (Å²) < 4.78 is 116. The van der Waals surface area contributed by atoms with Crippen molar-refractivity contribution in [1.82, 2.24) is 40.2 Å². The van der Waals surface area contributed by atoms with Gasteiger partial charge in [-0.25, -0.2) is 60.3 Å². The first-order valence-electron chi connectivity index (χ1n) is 34.0. The standard InChI is InChI=1S/C38H34ClF3N6O7S.C37H32ClF3N6O6S/c1-38(2,36(50)51)55-23-6-9-30(27(42)16-23)54-22-5-8-29(26(41)15-22)48-18-21-17-46(11-12-47(21)37(48)52)19-28-31(35(49)53-3)32(24-7-4-20(40)14-25(24)39)45-33(44-28)34-43-10-13-56-34;1-52-36(50)32-28(43-34(35-42-10-13-54-35)44-33(32)24-6-4-21(39)15-25(24)38)19-45-11-12-46-22(17-45)18-47(37(46)51)29-7-5-23(16-26(29)40)53-30-8-2-20(14-27(30)41)3-9-31(48)49/h4-10,13-16,21,32H,11-12,17-19H2,1-3H3,(H,44,45)(H,50,51);2,4-8,10,13-16,22,33H,3,9,11-12,17-19H2,1H3,(H,43,44)(H,48,49)/t21-,32-;22-,33-/m00/s1. The Bertz CT molecular complexity index is 5080. The van der Waals surface area contributed by atoms with Gasteiger partial charge in [-0.2, -0.15) is 0 Å². The number of halogens is 8. The Hall–Kier alpha value is -11.1. The molecule has 8 aromatic rings. The highest BCUT2D eigenvalue weighted by Gasteiger charge is 2.46. The predicted octanol–water partition coefficient (Wildman–Crippen LogP) is 12.6. The molecule has 35 heteroatoms. The zero-order valence-electron chi connectivity index (χ0n) is 58.7. The van der Waals surface area contributed by atoms with Gasteiger partial charge in [0.1, 0.15) is 41.0 Å². The number of aryl methyl sites for hydroxylation is 1. The Morgan fingerprint density at radius 1 is 0.564 bits per heavy atom. The van der Waals surface area contributed by atoms with E-state index in [0.717, 1.165) is 30.3 Å². The smallest absolute Gasteiger partial charge is 0.347 e. The molecule has 0 radical (unpaired) electrons. The largest absolute Gasteiger partial charge is 0.481 e. The summed E-state index contributed by atoms with van der Waals surface area (Å²) in [7, 11) is 2.51. The second-order valence-electron chi connectivity index (χ2n) is 26.3. The number of ether oxygens (including phenoxy) is 5. The first-order valence-corrected chi connectivity index (χ1v) is 36.5. The third kappa shape index (κ3) is 16.7. The molecule has 4 N–H and O–H groups in total. The molecular weight excluding hydrogens is 1530 g/mol. The highest BCUT2D eigenvalue weighted by molar-refractivity contribution is 7.12. The van der Waals surface area contributed by atoms with Gasteiger partial charge in [-0.15, -0.1) is 22.7 Å². The molecule has 110 heavy (non-hydrogen) atoms. The molecule has 4 fully saturated rings. The Balaban J connectivity index is 0.000000193. The summed E-state index contributed by atoms with van der Waals surface area (Å²) in [5.74, 6) is -7.38. The molecule has 0 aliphatic carbocycles. The molecule has 6 aliphatic heterocycles. The average molecular weight is 1590 g/mol. The fourth-order valence-electron chi connectivity index (χ4n) is 13.4. The van der Waals surface area contributed by atoms with Crippen molar-refractivity contribution in [1.29, 1.82) is 0 Å². The molecule has 6 aliphatic rings. The number of benzene rings is 6. The van der Waals surface area contributed by atoms with Gasteiger partial charge in [-0.1, -0.05) is 41.4 Å². The SMILES string of the molecule is COC(=O)C1=C(CN2CCN3C(=O)N(c4ccc(Oc5ccc(CCC(=O)O)cc5F)cc4F)C[C@@H]3C2)NC(c2nccs2)=N[C@H]1c1ccc(F)cc1Cl.COC(=O)C1=C(CN2CCN3C(=O)N(c4ccc(Oc5ccc(OC(C)(C)C(=O)O)cc5F)cc4F)C[C@@H]3C2)NC(c2nccs2)=N[C@H]1c1ccc(F)cc1Cl. The highest BCUT2D eigenvalue weighted by atomic mass is 35.5. The number of amides is 4. The minimum atomic E-state index is -1.60. The number of aliphatic carboxylic acids is 2. The van der Waals surface area contributed by atoms with E-state index in [-0.39, 0.29) is 124 Å². The number of esters is 2. The predicted molar refractivity (Wildman–Crippen MR) is 393 cm³/mol. The van der Waals surface area contributed by atoms with E-state index in [1.54, 1.807) is 39.0 Å². The summed E-state index contributed by atoms with van der Waals surface area (Å²) in [6.45, 7) is 5.66. The number of piperazine rings is 2. The van der Waals surface area contributed by atoms with Gasteiger partial charge in [-0.3, -0.25) is 34.4 Å². The van der Waals surface area contributed by atoms with Crippen LogP contribution in [0.1, 0.15) is 59.1 Å². The number of urea groups is 2. The van der Waals surface area contributed by atoms with Crippen LogP contribution in [0.25, 0.3) is 0 Å². The van der Waals surface area contributed by atoms with Crippen molar-refractivity contribution in [3.8, 4) is 28.7 Å². The quantitative estimate of drug-likeness (QED) is 0.0362. The van der Waals surface area contributed by atoms with E-state index in [2.05, 4.69) is 30.4 Å². The second-order valence-corrected chi connectivity index (χ2v) is 28.9. The zero-order chi connectivity index (χ0) is 78.0. The summed E-state index contributed by atoms with van der Waals surface area (Å²) >= 11 is 15.6. The third-order valence-electron chi connectivity index (χ3n) is 18.8. The van der Waals surface area contributed by atoms with Gasteiger partial charge >= 0.3 is 35.9 Å². The third-order valence-corrected chi connectivity index (χ3v) is 21.0. The first-order chi connectivity index (χ1) is 52.7. The molecule has 572 valence electrons. The molecule has 14 rings (SSSR count). The molecule has 2 aromatic heterocycles. The topological polar surface area (TPSA) is 283 Å². The lowest BCUT2D eigenvalue weighted by molar-refractivity contribution is -0.152. The molecule has 4 saturated heterocycles. The summed E-state index contributed by atoms with van der Waals surface area (Å²) in [6, 6.07) is 19.8. The van der Waals surface area contributed by atoms with E-state index in [0.29, 0.717) is 89.0 Å². The van der Waals surface area contributed by atoms with Crippen molar-refractivity contribution in [2.24, 2.45) is 9.98 Å². The number of nitrogens with one attached hydrogen (secondary N) is 2. The number of hydrogen-bond donors (Lipinski definition) is 4. The van der Waals surface area contributed by atoms with Crippen LogP contribution in [0.2, 0.25) is 10.0 Å². The van der Waals surface area contributed by atoms with Gasteiger partial charge in [0.2, 0.25) is 0 Å². The van der Waals surface area contributed by atoms with Crippen LogP contribution in [-0.2, 0) is 35.1 Å². The normalized spacial score (nSPS) is 18.7. The van der Waals surface area contributed by atoms with Crippen LogP contribution in [-0.4, -0.2) is 185 Å². The monoisotopic (exact) mass is 1590 g/mol. The highest BCUT2D eigenvalue weighted by Crippen LogP contribution is 2.42. The van der Waals surface area contributed by atoms with Gasteiger partial charge in [0.25, 0.3) is 0 Å². The maximum atomic E-state index is 15.6.